The van der Waals surface area contributed by atoms with Crippen LogP contribution in [0, 0.1) is 11.7 Å². The lowest BCUT2D eigenvalue weighted by Gasteiger charge is -2.37. The molecule has 1 aliphatic rings. The Morgan fingerprint density at radius 3 is 2.23 bits per heavy atom. The topological polar surface area (TPSA) is 131 Å². The second kappa shape index (κ2) is 16.4. The van der Waals surface area contributed by atoms with Crippen molar-refractivity contribution in [3.05, 3.63) is 90.2 Å². The predicted octanol–water partition coefficient (Wildman–Crippen LogP) is 6.03. The Kier molecular flexibility index (Phi) is 12.6. The summed E-state index contributed by atoms with van der Waals surface area (Å²) in [7, 11) is -4.10. The highest BCUT2D eigenvalue weighted by Crippen LogP contribution is 2.34. The minimum atomic E-state index is -4.10. The molecule has 3 unspecified atom stereocenters. The first kappa shape index (κ1) is 36.9. The number of alkyl carbamates (subject to hydrolysis) is 1. The molecule has 0 saturated carbocycles. The van der Waals surface area contributed by atoms with Crippen LogP contribution in [0.3, 0.4) is 0 Å². The van der Waals surface area contributed by atoms with Crippen LogP contribution in [0.15, 0.2) is 83.8 Å². The highest BCUT2D eigenvalue weighted by Gasteiger charge is 2.45. The highest BCUT2D eigenvalue weighted by molar-refractivity contribution is 8.02. The summed E-state index contributed by atoms with van der Waals surface area (Å²) in [6, 6.07) is 20.0. The number of hydrogen-bond acceptors (Lipinski definition) is 8. The number of benzene rings is 3. The molecule has 1 fully saturated rings. The third-order valence-corrected chi connectivity index (χ3v) is 11.2. The van der Waals surface area contributed by atoms with Crippen LogP contribution in [0.2, 0.25) is 0 Å². The Hall–Kier alpha value is -3.94. The van der Waals surface area contributed by atoms with Gasteiger partial charge in [-0.2, -0.15) is 4.31 Å². The first-order valence-corrected chi connectivity index (χ1v) is 18.4. The molecule has 3 atom stereocenters. The molecule has 0 aromatic heterocycles. The van der Waals surface area contributed by atoms with Gasteiger partial charge in [-0.05, 0) is 47.7 Å². The van der Waals surface area contributed by atoms with E-state index in [-0.39, 0.29) is 30.0 Å². The number of carbonyl (C=O) groups excluding carboxylic acids is 3. The maximum Gasteiger partial charge on any atom is 0.407 e. The van der Waals surface area contributed by atoms with Crippen LogP contribution < -0.4 is 10.6 Å². The maximum atomic E-state index is 14.0. The van der Waals surface area contributed by atoms with Crippen LogP contribution in [-0.2, 0) is 34.8 Å². The number of nitrogens with zero attached hydrogens (tertiary/aromatic N) is 1. The number of nitrogens with one attached hydrogen (secondary N) is 2. The Labute approximate surface area is 285 Å². The summed E-state index contributed by atoms with van der Waals surface area (Å²) in [4.78, 5) is 40.2. The van der Waals surface area contributed by atoms with Gasteiger partial charge in [0.05, 0.1) is 11.5 Å². The molecule has 258 valence electrons. The summed E-state index contributed by atoms with van der Waals surface area (Å²) in [5.74, 6) is -2.18. The van der Waals surface area contributed by atoms with Gasteiger partial charge in [-0.1, -0.05) is 88.7 Å². The third-order valence-electron chi connectivity index (χ3n) is 7.97. The Morgan fingerprint density at radius 2 is 1.62 bits per heavy atom. The zero-order valence-electron chi connectivity index (χ0n) is 27.5. The SMILES string of the molecule is CCCCOC(=O)NC(C(=O)OC(CC)(NC(=O)C1SCCN1S(=O)(=O)c1ccc(-c2ccccc2)cc1)c1ccc(F)cc1)C(C)C. The van der Waals surface area contributed by atoms with Crippen LogP contribution >= 0.6 is 11.8 Å². The Bertz CT molecular complexity index is 1660. The summed E-state index contributed by atoms with van der Waals surface area (Å²) < 4.78 is 54.0. The molecular weight excluding hydrogens is 658 g/mol. The number of carbonyl (C=O) groups is 3. The van der Waals surface area contributed by atoms with E-state index in [0.29, 0.717) is 12.2 Å². The van der Waals surface area contributed by atoms with E-state index in [9.17, 15) is 27.2 Å². The van der Waals surface area contributed by atoms with E-state index in [2.05, 4.69) is 10.6 Å². The molecule has 0 aliphatic carbocycles. The number of ether oxygens (including phenoxy) is 2. The first-order valence-electron chi connectivity index (χ1n) is 15.9. The van der Waals surface area contributed by atoms with E-state index in [0.717, 1.165) is 33.6 Å². The van der Waals surface area contributed by atoms with Crippen LogP contribution in [0.4, 0.5) is 9.18 Å². The second-order valence-corrected chi connectivity index (χ2v) is 14.8. The van der Waals surface area contributed by atoms with Crippen molar-refractivity contribution in [2.24, 2.45) is 5.92 Å². The molecule has 3 aromatic rings. The van der Waals surface area contributed by atoms with E-state index in [1.165, 1.54) is 36.4 Å². The summed E-state index contributed by atoms with van der Waals surface area (Å²) >= 11 is 1.14. The summed E-state index contributed by atoms with van der Waals surface area (Å²) in [5.41, 5.74) is 0.218. The number of rotatable bonds is 14. The predicted molar refractivity (Wildman–Crippen MR) is 183 cm³/mol. The average Bonchev–Trinajstić information content (AvgIpc) is 3.59. The number of thioether (sulfide) groups is 1. The molecule has 0 spiro atoms. The monoisotopic (exact) mass is 699 g/mol. The van der Waals surface area contributed by atoms with Crippen molar-refractivity contribution in [3.63, 3.8) is 0 Å². The lowest BCUT2D eigenvalue weighted by atomic mass is 9.98. The molecule has 13 heteroatoms. The fourth-order valence-corrected chi connectivity index (χ4v) is 8.28. The van der Waals surface area contributed by atoms with E-state index in [1.54, 1.807) is 32.9 Å². The molecule has 1 aliphatic heterocycles. The summed E-state index contributed by atoms with van der Waals surface area (Å²) in [5, 5.41) is 4.16. The molecule has 4 rings (SSSR count). The largest absolute Gasteiger partial charge is 0.450 e. The van der Waals surface area contributed by atoms with Gasteiger partial charge in [0.2, 0.25) is 15.7 Å². The fraction of sp³-hybridized carbons (Fsp3) is 0.400. The van der Waals surface area contributed by atoms with Gasteiger partial charge in [0.25, 0.3) is 5.91 Å². The normalized spacial score (nSPS) is 16.9. The Morgan fingerprint density at radius 1 is 0.979 bits per heavy atom. The number of hydrogen-bond donors (Lipinski definition) is 2. The van der Waals surface area contributed by atoms with Crippen LogP contribution in [0.1, 0.15) is 52.5 Å². The molecule has 48 heavy (non-hydrogen) atoms. The van der Waals surface area contributed by atoms with E-state index in [1.807, 2.05) is 37.3 Å². The molecule has 3 aromatic carbocycles. The zero-order chi connectivity index (χ0) is 34.9. The molecule has 2 amide bonds. The van der Waals surface area contributed by atoms with Crippen LogP contribution in [0.25, 0.3) is 11.1 Å². The van der Waals surface area contributed by atoms with Gasteiger partial charge in [-0.3, -0.25) is 4.79 Å². The van der Waals surface area contributed by atoms with E-state index >= 15 is 0 Å². The van der Waals surface area contributed by atoms with Crippen LogP contribution in [-0.4, -0.2) is 61.0 Å². The molecular formula is C35H42FN3O7S2. The highest BCUT2D eigenvalue weighted by atomic mass is 32.2. The number of esters is 1. The lowest BCUT2D eigenvalue weighted by Crippen LogP contribution is -2.56. The van der Waals surface area contributed by atoms with Crippen LogP contribution in [0.5, 0.6) is 0 Å². The third kappa shape index (κ3) is 8.74. The summed E-state index contributed by atoms with van der Waals surface area (Å²) in [6.07, 6.45) is 0.696. The van der Waals surface area contributed by atoms with Crippen molar-refractivity contribution in [2.45, 2.75) is 69.0 Å². The van der Waals surface area contributed by atoms with E-state index in [4.69, 9.17) is 9.47 Å². The smallest absolute Gasteiger partial charge is 0.407 e. The van der Waals surface area contributed by atoms with Crippen molar-refractivity contribution in [1.29, 1.82) is 0 Å². The van der Waals surface area contributed by atoms with Gasteiger partial charge in [-0.25, -0.2) is 22.4 Å². The van der Waals surface area contributed by atoms with Gasteiger partial charge in [0.1, 0.15) is 17.2 Å². The van der Waals surface area contributed by atoms with Crippen molar-refractivity contribution in [1.82, 2.24) is 14.9 Å². The average molecular weight is 700 g/mol. The Balaban J connectivity index is 1.59. The lowest BCUT2D eigenvalue weighted by molar-refractivity contribution is -0.172. The minimum Gasteiger partial charge on any atom is -0.450 e. The number of sulfonamides is 1. The number of halogens is 1. The van der Waals surface area contributed by atoms with Gasteiger partial charge < -0.3 is 20.1 Å². The van der Waals surface area contributed by atoms with Gasteiger partial charge in [0, 0.05) is 24.3 Å². The first-order chi connectivity index (χ1) is 22.9. The zero-order valence-corrected chi connectivity index (χ0v) is 29.1. The van der Waals surface area contributed by atoms with Crippen molar-refractivity contribution in [3.8, 4) is 11.1 Å². The van der Waals surface area contributed by atoms with E-state index < -0.39 is 56.9 Å². The van der Waals surface area contributed by atoms with Gasteiger partial charge >= 0.3 is 12.1 Å². The molecule has 10 nitrogen and oxygen atoms in total. The standard InChI is InChI=1S/C35H42FN3O7S2/c1-5-7-22-45-34(42)37-30(24(3)4)33(41)46-35(6-2,27-15-17-28(36)18-16-27)38-31(40)32-39(21-23-47-32)48(43,44)29-19-13-26(14-20-29)25-11-9-8-10-12-25/h8-20,24,30,32H,5-7,21-23H2,1-4H3,(H,37,42)(H,38,40). The number of amides is 2. The van der Waals surface area contributed by atoms with Gasteiger partial charge in [0.15, 0.2) is 0 Å². The van der Waals surface area contributed by atoms with Crippen molar-refractivity contribution in [2.75, 3.05) is 18.9 Å². The molecule has 0 bridgehead atoms. The second-order valence-electron chi connectivity index (χ2n) is 11.7. The molecule has 2 N–H and O–H groups in total. The summed E-state index contributed by atoms with van der Waals surface area (Å²) in [6.45, 7) is 7.31. The molecule has 1 saturated heterocycles. The molecule has 0 radical (unpaired) electrons. The van der Waals surface area contributed by atoms with Gasteiger partial charge in [-0.15, -0.1) is 11.8 Å². The minimum absolute atomic E-state index is 0.00690. The quantitative estimate of drug-likeness (QED) is 0.119. The number of unbranched alkanes of at least 4 members (excludes halogenated alkanes) is 1. The van der Waals surface area contributed by atoms with Crippen molar-refractivity contribution < 1.29 is 36.7 Å². The maximum absolute atomic E-state index is 14.0. The van der Waals surface area contributed by atoms with Crippen molar-refractivity contribution >= 4 is 39.8 Å². The fourth-order valence-electron chi connectivity index (χ4n) is 5.20. The molecule has 1 heterocycles.